The molecule has 1 fully saturated rings. The van der Waals surface area contributed by atoms with Crippen molar-refractivity contribution in [1.82, 2.24) is 19.9 Å². The molecular formula is C24H27N4O10P. The highest BCUT2D eigenvalue weighted by atomic mass is 31.2. The lowest BCUT2D eigenvalue weighted by atomic mass is 10.1. The van der Waals surface area contributed by atoms with Crippen LogP contribution in [-0.4, -0.2) is 61.9 Å². The van der Waals surface area contributed by atoms with Crippen LogP contribution >= 0.6 is 7.75 Å². The molecule has 15 heteroatoms. The van der Waals surface area contributed by atoms with E-state index >= 15 is 0 Å². The highest BCUT2D eigenvalue weighted by Gasteiger charge is 2.46. The maximum absolute atomic E-state index is 13.7. The van der Waals surface area contributed by atoms with E-state index in [0.717, 1.165) is 11.8 Å². The second kappa shape index (κ2) is 12.5. The van der Waals surface area contributed by atoms with Crippen LogP contribution in [0.5, 0.6) is 5.75 Å². The van der Waals surface area contributed by atoms with Crippen LogP contribution in [0.4, 0.5) is 0 Å². The molecule has 0 spiro atoms. The summed E-state index contributed by atoms with van der Waals surface area (Å²) in [6.45, 7) is 0.818. The Hall–Kier alpha value is -3.65. The molecule has 1 aliphatic rings. The Bertz CT molecular complexity index is 1420. The number of aliphatic hydroxyl groups excluding tert-OH is 2. The van der Waals surface area contributed by atoms with Crippen LogP contribution < -0.4 is 20.9 Å². The first-order valence-corrected chi connectivity index (χ1v) is 13.4. The Morgan fingerprint density at radius 3 is 2.46 bits per heavy atom. The van der Waals surface area contributed by atoms with Gasteiger partial charge in [-0.3, -0.25) is 19.1 Å². The van der Waals surface area contributed by atoms with E-state index in [4.69, 9.17) is 18.5 Å². The van der Waals surface area contributed by atoms with Gasteiger partial charge in [-0.1, -0.05) is 48.5 Å². The monoisotopic (exact) mass is 562 g/mol. The van der Waals surface area contributed by atoms with Crippen LogP contribution in [0.15, 0.2) is 76.4 Å². The molecule has 1 aliphatic heterocycles. The van der Waals surface area contributed by atoms with Crippen molar-refractivity contribution in [3.63, 3.8) is 0 Å². The van der Waals surface area contributed by atoms with Crippen LogP contribution in [0, 0.1) is 0 Å². The Morgan fingerprint density at radius 2 is 1.79 bits per heavy atom. The van der Waals surface area contributed by atoms with Gasteiger partial charge < -0.3 is 24.2 Å². The summed E-state index contributed by atoms with van der Waals surface area (Å²) in [7, 11) is -4.31. The predicted molar refractivity (Wildman–Crippen MR) is 135 cm³/mol. The molecule has 0 radical (unpaired) electrons. The lowest BCUT2D eigenvalue weighted by Crippen LogP contribution is -2.39. The molecule has 1 aromatic heterocycles. The first-order valence-electron chi connectivity index (χ1n) is 11.8. The topological polar surface area (TPSA) is 191 Å². The standard InChI is InChI=1S/C24H27N4O10P/c1-15(23(32)35-13-16-8-4-2-5-9-16)27-39(34,38-17-10-6-3-7-11-17)36-14-18-20(30)21(31)22(37-18)28-24(33)26-19(29)12-25-28/h2-12,15,18,20-22,30-31H,13-14H2,1H3,(H,27,34)(H,26,29,33)/t15-,18?,20?,21?,22?,39?/m0/s1. The van der Waals surface area contributed by atoms with Gasteiger partial charge in [0.05, 0.1) is 6.61 Å². The third-order valence-electron chi connectivity index (χ3n) is 5.62. The number of aromatic amines is 1. The first kappa shape index (κ1) is 28.4. The maximum Gasteiger partial charge on any atom is 0.459 e. The van der Waals surface area contributed by atoms with Gasteiger partial charge in [-0.05, 0) is 24.6 Å². The molecule has 14 nitrogen and oxygen atoms in total. The zero-order chi connectivity index (χ0) is 28.0. The number of hydrogen-bond donors (Lipinski definition) is 4. The molecule has 208 valence electrons. The number of H-pyrrole nitrogens is 1. The Labute approximate surface area is 221 Å². The fourth-order valence-electron chi connectivity index (χ4n) is 3.64. The minimum atomic E-state index is -4.31. The molecule has 2 heterocycles. The Kier molecular flexibility index (Phi) is 9.07. The number of aliphatic hydroxyl groups is 2. The summed E-state index contributed by atoms with van der Waals surface area (Å²) >= 11 is 0. The molecule has 39 heavy (non-hydrogen) atoms. The van der Waals surface area contributed by atoms with Gasteiger partial charge in [-0.15, -0.1) is 0 Å². The summed E-state index contributed by atoms with van der Waals surface area (Å²) < 4.78 is 36.2. The second-order valence-electron chi connectivity index (χ2n) is 8.57. The van der Waals surface area contributed by atoms with E-state index in [-0.39, 0.29) is 12.4 Å². The minimum absolute atomic E-state index is 0.00403. The van der Waals surface area contributed by atoms with Gasteiger partial charge in [0.1, 0.15) is 42.9 Å². The molecule has 0 saturated carbocycles. The van der Waals surface area contributed by atoms with Crippen molar-refractivity contribution < 1.29 is 38.1 Å². The Balaban J connectivity index is 1.45. The summed E-state index contributed by atoms with van der Waals surface area (Å²) in [4.78, 5) is 37.9. The number of ether oxygens (including phenoxy) is 2. The zero-order valence-corrected chi connectivity index (χ0v) is 21.5. The number of hydrogen-bond acceptors (Lipinski definition) is 11. The van der Waals surface area contributed by atoms with Gasteiger partial charge in [0.25, 0.3) is 5.56 Å². The third-order valence-corrected chi connectivity index (χ3v) is 7.27. The fraction of sp³-hybridized carbons (Fsp3) is 0.333. The largest absolute Gasteiger partial charge is 0.460 e. The Morgan fingerprint density at radius 1 is 1.13 bits per heavy atom. The predicted octanol–water partition coefficient (Wildman–Crippen LogP) is 0.476. The van der Waals surface area contributed by atoms with Crippen LogP contribution in [0.2, 0.25) is 0 Å². The number of para-hydroxylation sites is 1. The highest BCUT2D eigenvalue weighted by molar-refractivity contribution is 7.52. The van der Waals surface area contributed by atoms with E-state index in [2.05, 4.69) is 10.2 Å². The van der Waals surface area contributed by atoms with Crippen molar-refractivity contribution in [2.24, 2.45) is 0 Å². The summed E-state index contributed by atoms with van der Waals surface area (Å²) in [5.41, 5.74) is -0.969. The molecule has 4 rings (SSSR count). The second-order valence-corrected chi connectivity index (χ2v) is 10.3. The zero-order valence-electron chi connectivity index (χ0n) is 20.7. The molecular weight excluding hydrogens is 535 g/mol. The van der Waals surface area contributed by atoms with Crippen molar-refractivity contribution in [1.29, 1.82) is 0 Å². The maximum atomic E-state index is 13.7. The van der Waals surface area contributed by atoms with E-state index < -0.39 is 62.2 Å². The number of nitrogens with zero attached hydrogens (tertiary/aromatic N) is 2. The number of rotatable bonds is 11. The number of carbonyl (C=O) groups excluding carboxylic acids is 1. The van der Waals surface area contributed by atoms with Gasteiger partial charge in [-0.25, -0.2) is 9.36 Å². The van der Waals surface area contributed by atoms with Crippen LogP contribution in [0.3, 0.4) is 0 Å². The number of esters is 1. The van der Waals surface area contributed by atoms with E-state index in [1.54, 1.807) is 42.5 Å². The molecule has 0 amide bonds. The SMILES string of the molecule is C[C@H](NP(=O)(OCC1OC(n2ncc(=O)[nH]c2=O)C(O)C1O)Oc1ccccc1)C(=O)OCc1ccccc1. The molecule has 5 unspecified atom stereocenters. The van der Waals surface area contributed by atoms with Crippen molar-refractivity contribution in [2.75, 3.05) is 6.61 Å². The van der Waals surface area contributed by atoms with E-state index in [1.165, 1.54) is 19.1 Å². The van der Waals surface area contributed by atoms with E-state index in [9.17, 15) is 29.2 Å². The van der Waals surface area contributed by atoms with Gasteiger partial charge in [0, 0.05) is 0 Å². The van der Waals surface area contributed by atoms with Crippen molar-refractivity contribution in [2.45, 2.75) is 44.1 Å². The lowest BCUT2D eigenvalue weighted by molar-refractivity contribution is -0.146. The number of aromatic nitrogens is 3. The molecule has 2 aromatic carbocycles. The van der Waals surface area contributed by atoms with Gasteiger partial charge in [0.15, 0.2) is 6.23 Å². The smallest absolute Gasteiger partial charge is 0.459 e. The molecule has 0 bridgehead atoms. The molecule has 4 N–H and O–H groups in total. The van der Waals surface area contributed by atoms with Crippen LogP contribution in [0.1, 0.15) is 18.7 Å². The summed E-state index contributed by atoms with van der Waals surface area (Å²) in [5, 5.41) is 27.0. The average Bonchev–Trinajstić information content (AvgIpc) is 3.20. The van der Waals surface area contributed by atoms with Crippen molar-refractivity contribution in [3.8, 4) is 5.75 Å². The molecule has 6 atom stereocenters. The third kappa shape index (κ3) is 7.26. The van der Waals surface area contributed by atoms with Gasteiger partial charge in [0.2, 0.25) is 0 Å². The quantitative estimate of drug-likeness (QED) is 0.187. The highest BCUT2D eigenvalue weighted by Crippen LogP contribution is 2.46. The normalized spacial score (nSPS) is 23.1. The number of carbonyl (C=O) groups is 1. The van der Waals surface area contributed by atoms with E-state index in [0.29, 0.717) is 4.68 Å². The lowest BCUT2D eigenvalue weighted by Gasteiger charge is -2.24. The van der Waals surface area contributed by atoms with Crippen molar-refractivity contribution in [3.05, 3.63) is 93.3 Å². The van der Waals surface area contributed by atoms with Gasteiger partial charge >= 0.3 is 19.4 Å². The fourth-order valence-corrected chi connectivity index (χ4v) is 5.14. The first-order chi connectivity index (χ1) is 18.6. The summed E-state index contributed by atoms with van der Waals surface area (Å²) in [6.07, 6.45) is -5.18. The minimum Gasteiger partial charge on any atom is -0.460 e. The summed E-state index contributed by atoms with van der Waals surface area (Å²) in [5.74, 6) is -0.566. The molecule has 1 saturated heterocycles. The van der Waals surface area contributed by atoms with Gasteiger partial charge in [-0.2, -0.15) is 14.9 Å². The van der Waals surface area contributed by atoms with Crippen molar-refractivity contribution >= 4 is 13.7 Å². The van der Waals surface area contributed by atoms with Crippen LogP contribution in [-0.2, 0) is 30.0 Å². The molecule has 0 aliphatic carbocycles. The summed E-state index contributed by atoms with van der Waals surface area (Å²) in [6, 6.07) is 15.9. The average molecular weight is 562 g/mol. The molecule has 3 aromatic rings. The number of nitrogens with one attached hydrogen (secondary N) is 2. The number of benzene rings is 2. The van der Waals surface area contributed by atoms with E-state index in [1.807, 2.05) is 11.1 Å². The van der Waals surface area contributed by atoms with Crippen LogP contribution in [0.25, 0.3) is 0 Å².